The number of anilines is 1. The summed E-state index contributed by atoms with van der Waals surface area (Å²) in [6.45, 7) is 1.67. The standard InChI is InChI=1S/C13H19NO4/c1-14-12-5-3-11(4-6-12)13(15)18-10-9-17-8-7-16-2/h3-6,14H,7-10H2,1-2H3. The number of benzene rings is 1. The third kappa shape index (κ3) is 5.16. The van der Waals surface area contributed by atoms with E-state index in [9.17, 15) is 4.79 Å². The van der Waals surface area contributed by atoms with E-state index in [1.54, 1.807) is 19.2 Å². The molecule has 18 heavy (non-hydrogen) atoms. The summed E-state index contributed by atoms with van der Waals surface area (Å²) in [5, 5.41) is 2.98. The van der Waals surface area contributed by atoms with Crippen LogP contribution in [0, 0.1) is 0 Å². The zero-order valence-corrected chi connectivity index (χ0v) is 10.8. The first-order valence-corrected chi connectivity index (χ1v) is 5.79. The van der Waals surface area contributed by atoms with Crippen LogP contribution in [0.25, 0.3) is 0 Å². The van der Waals surface area contributed by atoms with Crippen LogP contribution in [0.5, 0.6) is 0 Å². The van der Waals surface area contributed by atoms with Gasteiger partial charge in [0.15, 0.2) is 0 Å². The largest absolute Gasteiger partial charge is 0.460 e. The molecule has 0 aliphatic heterocycles. The third-order valence-electron chi connectivity index (χ3n) is 2.30. The van der Waals surface area contributed by atoms with Crippen LogP contribution in [0.3, 0.4) is 0 Å². The molecular weight excluding hydrogens is 234 g/mol. The minimum atomic E-state index is -0.340. The number of hydrogen-bond acceptors (Lipinski definition) is 5. The molecule has 0 aromatic heterocycles. The quantitative estimate of drug-likeness (QED) is 0.562. The van der Waals surface area contributed by atoms with Crippen LogP contribution in [-0.2, 0) is 14.2 Å². The van der Waals surface area contributed by atoms with Crippen molar-refractivity contribution < 1.29 is 19.0 Å². The van der Waals surface area contributed by atoms with E-state index in [1.807, 2.05) is 19.2 Å². The molecule has 0 heterocycles. The van der Waals surface area contributed by atoms with Gasteiger partial charge in [0.2, 0.25) is 0 Å². The number of esters is 1. The second-order valence-electron chi connectivity index (χ2n) is 3.57. The molecule has 0 bridgehead atoms. The van der Waals surface area contributed by atoms with Gasteiger partial charge in [-0.25, -0.2) is 4.79 Å². The second kappa shape index (κ2) is 8.49. The molecule has 0 saturated heterocycles. The van der Waals surface area contributed by atoms with Crippen LogP contribution < -0.4 is 5.32 Å². The van der Waals surface area contributed by atoms with Gasteiger partial charge in [0.05, 0.1) is 25.4 Å². The Morgan fingerprint density at radius 1 is 1.11 bits per heavy atom. The van der Waals surface area contributed by atoms with Crippen LogP contribution in [-0.4, -0.2) is 46.6 Å². The number of carbonyl (C=O) groups is 1. The molecule has 0 aliphatic rings. The van der Waals surface area contributed by atoms with E-state index in [4.69, 9.17) is 14.2 Å². The first kappa shape index (κ1) is 14.5. The molecule has 5 nitrogen and oxygen atoms in total. The van der Waals surface area contributed by atoms with Gasteiger partial charge in [-0.05, 0) is 24.3 Å². The molecular formula is C13H19NO4. The van der Waals surface area contributed by atoms with E-state index in [0.717, 1.165) is 5.69 Å². The van der Waals surface area contributed by atoms with E-state index < -0.39 is 0 Å². The highest BCUT2D eigenvalue weighted by molar-refractivity contribution is 5.89. The van der Waals surface area contributed by atoms with Gasteiger partial charge in [0.1, 0.15) is 6.61 Å². The third-order valence-corrected chi connectivity index (χ3v) is 2.30. The average molecular weight is 253 g/mol. The Hall–Kier alpha value is -1.59. The fraction of sp³-hybridized carbons (Fsp3) is 0.462. The summed E-state index contributed by atoms with van der Waals surface area (Å²) in [5.74, 6) is -0.340. The Labute approximate surface area is 107 Å². The Morgan fingerprint density at radius 3 is 2.39 bits per heavy atom. The number of methoxy groups -OCH3 is 1. The van der Waals surface area contributed by atoms with E-state index in [2.05, 4.69) is 5.32 Å². The molecule has 0 radical (unpaired) electrons. The van der Waals surface area contributed by atoms with Crippen molar-refractivity contribution in [1.29, 1.82) is 0 Å². The lowest BCUT2D eigenvalue weighted by molar-refractivity contribution is 0.0214. The predicted octanol–water partition coefficient (Wildman–Crippen LogP) is 1.55. The lowest BCUT2D eigenvalue weighted by atomic mass is 10.2. The van der Waals surface area contributed by atoms with E-state index in [1.165, 1.54) is 0 Å². The summed E-state index contributed by atoms with van der Waals surface area (Å²) >= 11 is 0. The van der Waals surface area contributed by atoms with Crippen molar-refractivity contribution in [2.75, 3.05) is 45.9 Å². The fourth-order valence-corrected chi connectivity index (χ4v) is 1.29. The highest BCUT2D eigenvalue weighted by Gasteiger charge is 2.06. The topological polar surface area (TPSA) is 56.8 Å². The minimum Gasteiger partial charge on any atom is -0.460 e. The molecule has 0 aliphatic carbocycles. The highest BCUT2D eigenvalue weighted by atomic mass is 16.6. The number of nitrogens with one attached hydrogen (secondary N) is 1. The molecule has 1 rings (SSSR count). The van der Waals surface area contributed by atoms with Gasteiger partial charge in [-0.3, -0.25) is 0 Å². The minimum absolute atomic E-state index is 0.246. The lowest BCUT2D eigenvalue weighted by Crippen LogP contribution is -2.12. The van der Waals surface area contributed by atoms with Crippen molar-refractivity contribution in [3.8, 4) is 0 Å². The molecule has 1 aromatic carbocycles. The lowest BCUT2D eigenvalue weighted by Gasteiger charge is -2.06. The smallest absolute Gasteiger partial charge is 0.338 e. The van der Waals surface area contributed by atoms with E-state index in [0.29, 0.717) is 25.4 Å². The van der Waals surface area contributed by atoms with Crippen molar-refractivity contribution in [2.45, 2.75) is 0 Å². The van der Waals surface area contributed by atoms with Gasteiger partial charge in [0.25, 0.3) is 0 Å². The molecule has 0 spiro atoms. The summed E-state index contributed by atoms with van der Waals surface area (Å²) in [7, 11) is 3.43. The fourth-order valence-electron chi connectivity index (χ4n) is 1.29. The monoisotopic (exact) mass is 253 g/mol. The molecule has 0 atom stereocenters. The average Bonchev–Trinajstić information content (AvgIpc) is 2.42. The SMILES string of the molecule is CNc1ccc(C(=O)OCCOCCOC)cc1. The Balaban J connectivity index is 2.23. The Kier molecular flexibility index (Phi) is 6.83. The van der Waals surface area contributed by atoms with Crippen molar-refractivity contribution in [2.24, 2.45) is 0 Å². The highest BCUT2D eigenvalue weighted by Crippen LogP contribution is 2.09. The maximum absolute atomic E-state index is 11.6. The normalized spacial score (nSPS) is 10.1. The number of hydrogen-bond donors (Lipinski definition) is 1. The van der Waals surface area contributed by atoms with Crippen LogP contribution in [0.4, 0.5) is 5.69 Å². The van der Waals surface area contributed by atoms with Crippen LogP contribution in [0.2, 0.25) is 0 Å². The van der Waals surface area contributed by atoms with Crippen molar-refractivity contribution in [3.05, 3.63) is 29.8 Å². The Bertz CT molecular complexity index is 351. The van der Waals surface area contributed by atoms with Crippen molar-refractivity contribution >= 4 is 11.7 Å². The maximum Gasteiger partial charge on any atom is 0.338 e. The Morgan fingerprint density at radius 2 is 1.78 bits per heavy atom. The maximum atomic E-state index is 11.6. The number of ether oxygens (including phenoxy) is 3. The molecule has 100 valence electrons. The summed E-state index contributed by atoms with van der Waals surface area (Å²) in [4.78, 5) is 11.6. The molecule has 0 fully saturated rings. The first-order chi connectivity index (χ1) is 8.77. The van der Waals surface area contributed by atoms with Crippen LogP contribution in [0.1, 0.15) is 10.4 Å². The molecule has 5 heteroatoms. The van der Waals surface area contributed by atoms with Crippen molar-refractivity contribution in [1.82, 2.24) is 0 Å². The van der Waals surface area contributed by atoms with Gasteiger partial charge < -0.3 is 19.5 Å². The van der Waals surface area contributed by atoms with Gasteiger partial charge >= 0.3 is 5.97 Å². The van der Waals surface area contributed by atoms with Crippen LogP contribution >= 0.6 is 0 Å². The van der Waals surface area contributed by atoms with E-state index >= 15 is 0 Å². The summed E-state index contributed by atoms with van der Waals surface area (Å²) in [5.41, 5.74) is 1.49. The molecule has 1 aromatic rings. The molecule has 0 saturated carbocycles. The molecule has 0 amide bonds. The van der Waals surface area contributed by atoms with Gasteiger partial charge in [-0.1, -0.05) is 0 Å². The van der Waals surface area contributed by atoms with Crippen molar-refractivity contribution in [3.63, 3.8) is 0 Å². The summed E-state index contributed by atoms with van der Waals surface area (Å²) in [6.07, 6.45) is 0. The first-order valence-electron chi connectivity index (χ1n) is 5.79. The predicted molar refractivity (Wildman–Crippen MR) is 69.0 cm³/mol. The van der Waals surface area contributed by atoms with Crippen LogP contribution in [0.15, 0.2) is 24.3 Å². The van der Waals surface area contributed by atoms with E-state index in [-0.39, 0.29) is 12.6 Å². The van der Waals surface area contributed by atoms with Gasteiger partial charge in [-0.2, -0.15) is 0 Å². The molecule has 1 N–H and O–H groups in total. The number of carbonyl (C=O) groups excluding carboxylic acids is 1. The summed E-state index contributed by atoms with van der Waals surface area (Å²) < 4.78 is 15.1. The second-order valence-corrected chi connectivity index (χ2v) is 3.57. The van der Waals surface area contributed by atoms with Gasteiger partial charge in [-0.15, -0.1) is 0 Å². The summed E-state index contributed by atoms with van der Waals surface area (Å²) in [6, 6.07) is 7.09. The molecule has 0 unspecified atom stereocenters. The zero-order valence-electron chi connectivity index (χ0n) is 10.8. The zero-order chi connectivity index (χ0) is 13.2. The van der Waals surface area contributed by atoms with Gasteiger partial charge in [0, 0.05) is 19.8 Å². The number of rotatable bonds is 8.